The van der Waals surface area contributed by atoms with E-state index in [0.717, 1.165) is 11.3 Å². The molecule has 0 atom stereocenters. The summed E-state index contributed by atoms with van der Waals surface area (Å²) in [7, 11) is 0. The van der Waals surface area contributed by atoms with Crippen LogP contribution in [0.25, 0.3) is 10.6 Å². The van der Waals surface area contributed by atoms with Gasteiger partial charge < -0.3 is 9.63 Å². The number of thiophene rings is 1. The maximum atomic E-state index is 12.5. The first kappa shape index (κ1) is 11.7. The molecule has 0 aliphatic carbocycles. The molecular formula is C10H7F2NO3S. The van der Waals surface area contributed by atoms with E-state index in [-0.39, 0.29) is 16.1 Å². The van der Waals surface area contributed by atoms with E-state index in [2.05, 4.69) is 9.68 Å². The highest BCUT2D eigenvalue weighted by molar-refractivity contribution is 7.17. The maximum Gasteiger partial charge on any atom is 0.345 e. The number of alkyl halides is 2. The lowest BCUT2D eigenvalue weighted by atomic mass is 10.2. The molecule has 0 bridgehead atoms. The Morgan fingerprint density at radius 1 is 1.53 bits per heavy atom. The highest BCUT2D eigenvalue weighted by atomic mass is 32.1. The molecule has 0 aromatic carbocycles. The molecule has 2 heterocycles. The molecule has 0 aliphatic rings. The van der Waals surface area contributed by atoms with Gasteiger partial charge in [-0.25, -0.2) is 13.6 Å². The Balaban J connectivity index is 2.43. The average Bonchev–Trinajstić information content (AvgIpc) is 2.82. The number of aromatic nitrogens is 1. The Hall–Kier alpha value is -1.76. The normalized spacial score (nSPS) is 11.1. The highest BCUT2D eigenvalue weighted by Crippen LogP contribution is 2.34. The van der Waals surface area contributed by atoms with Gasteiger partial charge in [0.2, 0.25) is 5.76 Å². The number of halogens is 2. The smallest absolute Gasteiger partial charge is 0.345 e. The van der Waals surface area contributed by atoms with Crippen molar-refractivity contribution in [3.63, 3.8) is 0 Å². The summed E-state index contributed by atoms with van der Waals surface area (Å²) in [4.78, 5) is 11.3. The number of hydrogen-bond acceptors (Lipinski definition) is 4. The topological polar surface area (TPSA) is 63.3 Å². The SMILES string of the molecule is Cc1c(-c2ccc(C(=O)O)s2)noc1C(F)F. The lowest BCUT2D eigenvalue weighted by molar-refractivity contribution is 0.0702. The van der Waals surface area contributed by atoms with Gasteiger partial charge in [0.1, 0.15) is 10.6 Å². The molecule has 2 aromatic rings. The van der Waals surface area contributed by atoms with E-state index < -0.39 is 18.2 Å². The quantitative estimate of drug-likeness (QED) is 0.918. The molecule has 0 saturated heterocycles. The van der Waals surface area contributed by atoms with Crippen molar-refractivity contribution in [3.8, 4) is 10.6 Å². The van der Waals surface area contributed by atoms with Gasteiger partial charge in [-0.1, -0.05) is 5.16 Å². The van der Waals surface area contributed by atoms with E-state index in [1.165, 1.54) is 19.1 Å². The molecule has 0 fully saturated rings. The summed E-state index contributed by atoms with van der Waals surface area (Å²) in [5, 5.41) is 12.3. The highest BCUT2D eigenvalue weighted by Gasteiger charge is 2.22. The number of carboxylic acids is 1. The van der Waals surface area contributed by atoms with Gasteiger partial charge in [-0.15, -0.1) is 11.3 Å². The summed E-state index contributed by atoms with van der Waals surface area (Å²) in [5.74, 6) is -1.54. The van der Waals surface area contributed by atoms with Crippen LogP contribution in [0.3, 0.4) is 0 Å². The number of aromatic carboxylic acids is 1. The molecule has 2 rings (SSSR count). The van der Waals surface area contributed by atoms with E-state index in [9.17, 15) is 13.6 Å². The molecular weight excluding hydrogens is 252 g/mol. The third-order valence-electron chi connectivity index (χ3n) is 2.21. The molecule has 7 heteroatoms. The molecule has 2 aromatic heterocycles. The number of carboxylic acid groups (broad SMARTS) is 1. The Labute approximate surface area is 98.5 Å². The summed E-state index contributed by atoms with van der Waals surface area (Å²) in [6.45, 7) is 1.47. The van der Waals surface area contributed by atoms with E-state index in [4.69, 9.17) is 5.11 Å². The summed E-state index contributed by atoms with van der Waals surface area (Å²) in [6.07, 6.45) is -2.73. The predicted molar refractivity (Wildman–Crippen MR) is 56.5 cm³/mol. The number of hydrogen-bond donors (Lipinski definition) is 1. The van der Waals surface area contributed by atoms with Crippen LogP contribution in [-0.2, 0) is 0 Å². The summed E-state index contributed by atoms with van der Waals surface area (Å²) < 4.78 is 29.5. The van der Waals surface area contributed by atoms with Gasteiger partial charge in [0.25, 0.3) is 6.43 Å². The van der Waals surface area contributed by atoms with Crippen LogP contribution in [0.4, 0.5) is 8.78 Å². The summed E-state index contributed by atoms with van der Waals surface area (Å²) in [5.41, 5.74) is 0.497. The Morgan fingerprint density at radius 2 is 2.24 bits per heavy atom. The van der Waals surface area contributed by atoms with Gasteiger partial charge in [-0.3, -0.25) is 0 Å². The van der Waals surface area contributed by atoms with Crippen LogP contribution in [-0.4, -0.2) is 16.2 Å². The third-order valence-corrected chi connectivity index (χ3v) is 3.29. The van der Waals surface area contributed by atoms with Gasteiger partial charge in [0.05, 0.1) is 4.88 Å². The molecule has 0 aliphatic heterocycles. The molecule has 0 radical (unpaired) electrons. The second-order valence-electron chi connectivity index (χ2n) is 3.29. The van der Waals surface area contributed by atoms with E-state index >= 15 is 0 Å². The third kappa shape index (κ3) is 2.05. The molecule has 0 amide bonds. The van der Waals surface area contributed by atoms with Crippen LogP contribution < -0.4 is 0 Å². The molecule has 0 unspecified atom stereocenters. The van der Waals surface area contributed by atoms with Crippen LogP contribution in [0.1, 0.15) is 27.4 Å². The lowest BCUT2D eigenvalue weighted by Crippen LogP contribution is -1.89. The first-order valence-corrected chi connectivity index (χ1v) is 5.40. The Morgan fingerprint density at radius 3 is 2.71 bits per heavy atom. The number of carbonyl (C=O) groups is 1. The molecule has 1 N–H and O–H groups in total. The minimum absolute atomic E-state index is 0.126. The van der Waals surface area contributed by atoms with Crippen LogP contribution in [0, 0.1) is 6.92 Å². The molecule has 4 nitrogen and oxygen atoms in total. The van der Waals surface area contributed by atoms with Gasteiger partial charge in [0, 0.05) is 5.56 Å². The minimum atomic E-state index is -2.73. The fourth-order valence-electron chi connectivity index (χ4n) is 1.36. The largest absolute Gasteiger partial charge is 0.477 e. The Kier molecular flexibility index (Phi) is 2.93. The zero-order chi connectivity index (χ0) is 12.6. The van der Waals surface area contributed by atoms with E-state index in [1.54, 1.807) is 0 Å². The summed E-state index contributed by atoms with van der Waals surface area (Å²) in [6, 6.07) is 2.92. The standard InChI is InChI=1S/C10H7F2NO3S/c1-4-7(13-16-8(4)9(11)12)5-2-3-6(17-5)10(14)15/h2-3,9H,1H3,(H,14,15). The number of rotatable bonds is 3. The monoisotopic (exact) mass is 259 g/mol. The van der Waals surface area contributed by atoms with E-state index in [1.807, 2.05) is 0 Å². The molecule has 90 valence electrons. The molecule has 0 spiro atoms. The van der Waals surface area contributed by atoms with E-state index in [0.29, 0.717) is 4.88 Å². The molecule has 17 heavy (non-hydrogen) atoms. The molecule has 0 saturated carbocycles. The van der Waals surface area contributed by atoms with Crippen molar-refractivity contribution in [2.24, 2.45) is 0 Å². The van der Waals surface area contributed by atoms with Crippen molar-refractivity contribution < 1.29 is 23.2 Å². The van der Waals surface area contributed by atoms with Gasteiger partial charge >= 0.3 is 5.97 Å². The second kappa shape index (κ2) is 4.25. The average molecular weight is 259 g/mol. The van der Waals surface area contributed by atoms with Crippen LogP contribution in [0.15, 0.2) is 16.7 Å². The minimum Gasteiger partial charge on any atom is -0.477 e. The van der Waals surface area contributed by atoms with Gasteiger partial charge in [-0.2, -0.15) is 0 Å². The van der Waals surface area contributed by atoms with Crippen LogP contribution in [0.5, 0.6) is 0 Å². The zero-order valence-corrected chi connectivity index (χ0v) is 9.42. The van der Waals surface area contributed by atoms with Crippen LogP contribution in [0.2, 0.25) is 0 Å². The lowest BCUT2D eigenvalue weighted by Gasteiger charge is -1.93. The van der Waals surface area contributed by atoms with Gasteiger partial charge in [-0.05, 0) is 19.1 Å². The van der Waals surface area contributed by atoms with Crippen molar-refractivity contribution in [1.29, 1.82) is 0 Å². The Bertz CT molecular complexity index is 562. The van der Waals surface area contributed by atoms with Crippen LogP contribution >= 0.6 is 11.3 Å². The fraction of sp³-hybridized carbons (Fsp3) is 0.200. The first-order chi connectivity index (χ1) is 8.00. The number of nitrogens with zero attached hydrogens (tertiary/aromatic N) is 1. The van der Waals surface area contributed by atoms with Crippen molar-refractivity contribution in [2.45, 2.75) is 13.3 Å². The van der Waals surface area contributed by atoms with Crippen molar-refractivity contribution in [3.05, 3.63) is 28.3 Å². The maximum absolute atomic E-state index is 12.5. The first-order valence-electron chi connectivity index (χ1n) is 4.58. The predicted octanol–water partition coefficient (Wildman–Crippen LogP) is 3.35. The zero-order valence-electron chi connectivity index (χ0n) is 8.61. The van der Waals surface area contributed by atoms with Crippen molar-refractivity contribution >= 4 is 17.3 Å². The summed E-state index contributed by atoms with van der Waals surface area (Å²) >= 11 is 0.966. The fourth-order valence-corrected chi connectivity index (χ4v) is 2.25. The van der Waals surface area contributed by atoms with Crippen molar-refractivity contribution in [1.82, 2.24) is 5.16 Å². The van der Waals surface area contributed by atoms with Gasteiger partial charge in [0.15, 0.2) is 0 Å². The van der Waals surface area contributed by atoms with Crippen molar-refractivity contribution in [2.75, 3.05) is 0 Å². The second-order valence-corrected chi connectivity index (χ2v) is 4.37.